The molecule has 0 bridgehead atoms. The van der Waals surface area contributed by atoms with E-state index in [0.29, 0.717) is 0 Å². The van der Waals surface area contributed by atoms with Crippen molar-refractivity contribution in [3.05, 3.63) is 12.7 Å². The van der Waals surface area contributed by atoms with Crippen molar-refractivity contribution in [2.24, 2.45) is 0 Å². The maximum absolute atomic E-state index is 11.3. The van der Waals surface area contributed by atoms with Gasteiger partial charge < -0.3 is 10.4 Å². The predicted molar refractivity (Wildman–Crippen MR) is 65.9 cm³/mol. The third kappa shape index (κ3) is 6.62. The second-order valence-corrected chi connectivity index (χ2v) is 5.25. The number of hydrogen-bond donors (Lipinski definition) is 3. The Morgan fingerprint density at radius 2 is 2.00 bits per heavy atom. The van der Waals surface area contributed by atoms with Gasteiger partial charge in [0.25, 0.3) is 0 Å². The maximum Gasteiger partial charge on any atom is 0.321 e. The fourth-order valence-corrected chi connectivity index (χ4v) is 1.37. The number of imide groups is 1. The van der Waals surface area contributed by atoms with Crippen LogP contribution in [-0.4, -0.2) is 40.1 Å². The molecule has 7 heteroatoms. The lowest BCUT2D eigenvalue weighted by atomic mass is 10.2. The molecule has 3 N–H and O–H groups in total. The van der Waals surface area contributed by atoms with Crippen LogP contribution in [0.25, 0.3) is 0 Å². The number of aliphatic carboxylic acids is 1. The summed E-state index contributed by atoms with van der Waals surface area (Å²) < 4.78 is -1.06. The van der Waals surface area contributed by atoms with Crippen LogP contribution in [0.2, 0.25) is 0 Å². The van der Waals surface area contributed by atoms with Crippen molar-refractivity contribution in [2.45, 2.75) is 18.6 Å². The van der Waals surface area contributed by atoms with Crippen molar-refractivity contribution in [1.29, 1.82) is 0 Å². The Labute approximate surface area is 104 Å². The molecule has 0 aliphatic heterocycles. The van der Waals surface area contributed by atoms with E-state index < -0.39 is 22.7 Å². The Balaban J connectivity index is 3.99. The van der Waals surface area contributed by atoms with Crippen molar-refractivity contribution < 1.29 is 19.5 Å². The predicted octanol–water partition coefficient (Wildman–Crippen LogP) is 0.595. The fraction of sp³-hybridized carbons (Fsp3) is 0.500. The van der Waals surface area contributed by atoms with Crippen LogP contribution < -0.4 is 10.6 Å². The molecule has 3 amide bonds. The number of amides is 3. The summed E-state index contributed by atoms with van der Waals surface area (Å²) in [4.78, 5) is 33.1. The molecule has 0 aromatic heterocycles. The Kier molecular flexibility index (Phi) is 6.34. The first-order chi connectivity index (χ1) is 7.79. The first kappa shape index (κ1) is 15.5. The SMILES string of the molecule is C=CCNC(=O)NC(=O)CSC(C)(C)C(=O)O. The lowest BCUT2D eigenvalue weighted by Crippen LogP contribution is -2.41. The second kappa shape index (κ2) is 6.95. The summed E-state index contributed by atoms with van der Waals surface area (Å²) in [6.45, 7) is 6.64. The van der Waals surface area contributed by atoms with Crippen LogP contribution in [0.15, 0.2) is 12.7 Å². The lowest BCUT2D eigenvalue weighted by molar-refractivity contribution is -0.138. The van der Waals surface area contributed by atoms with Crippen LogP contribution in [0.4, 0.5) is 4.79 Å². The standard InChI is InChI=1S/C10H16N2O4S/c1-4-5-11-9(16)12-7(13)6-17-10(2,3)8(14)15/h4H,1,5-6H2,2-3H3,(H,14,15)(H2,11,12,13,16). The molecular formula is C10H16N2O4S. The summed E-state index contributed by atoms with van der Waals surface area (Å²) in [5.41, 5.74) is 0. The van der Waals surface area contributed by atoms with Crippen molar-refractivity contribution in [1.82, 2.24) is 10.6 Å². The molecule has 96 valence electrons. The van der Waals surface area contributed by atoms with Crippen LogP contribution in [-0.2, 0) is 9.59 Å². The van der Waals surface area contributed by atoms with Gasteiger partial charge in [0.05, 0.1) is 5.75 Å². The third-order valence-electron chi connectivity index (χ3n) is 1.74. The number of nitrogens with one attached hydrogen (secondary N) is 2. The maximum atomic E-state index is 11.3. The van der Waals surface area contributed by atoms with Crippen molar-refractivity contribution in [3.8, 4) is 0 Å². The van der Waals surface area contributed by atoms with Gasteiger partial charge in [0.15, 0.2) is 0 Å². The molecular weight excluding hydrogens is 244 g/mol. The molecule has 0 saturated carbocycles. The summed E-state index contributed by atoms with van der Waals surface area (Å²) in [7, 11) is 0. The largest absolute Gasteiger partial charge is 0.480 e. The number of carbonyl (C=O) groups excluding carboxylic acids is 2. The molecule has 0 aliphatic rings. The quantitative estimate of drug-likeness (QED) is 0.608. The molecule has 0 heterocycles. The average Bonchev–Trinajstić information content (AvgIpc) is 2.23. The highest BCUT2D eigenvalue weighted by molar-refractivity contribution is 8.01. The lowest BCUT2D eigenvalue weighted by Gasteiger charge is -2.17. The van der Waals surface area contributed by atoms with E-state index in [4.69, 9.17) is 5.11 Å². The van der Waals surface area contributed by atoms with Crippen LogP contribution in [0, 0.1) is 0 Å². The molecule has 0 saturated heterocycles. The zero-order valence-electron chi connectivity index (χ0n) is 9.78. The molecule has 0 aliphatic carbocycles. The summed E-state index contributed by atoms with van der Waals surface area (Å²) in [5.74, 6) is -1.64. The molecule has 6 nitrogen and oxygen atoms in total. The minimum Gasteiger partial charge on any atom is -0.480 e. The number of carboxylic acid groups (broad SMARTS) is 1. The normalized spacial score (nSPS) is 10.5. The van der Waals surface area contributed by atoms with Gasteiger partial charge in [-0.25, -0.2) is 4.79 Å². The van der Waals surface area contributed by atoms with Gasteiger partial charge in [-0.15, -0.1) is 18.3 Å². The second-order valence-electron chi connectivity index (χ2n) is 3.65. The van der Waals surface area contributed by atoms with E-state index in [9.17, 15) is 14.4 Å². The monoisotopic (exact) mass is 260 g/mol. The number of rotatable bonds is 6. The topological polar surface area (TPSA) is 95.5 Å². The van der Waals surface area contributed by atoms with Gasteiger partial charge in [0.2, 0.25) is 5.91 Å². The Morgan fingerprint density at radius 3 is 2.47 bits per heavy atom. The Bertz CT molecular complexity index is 328. The van der Waals surface area contributed by atoms with Crippen LogP contribution >= 0.6 is 11.8 Å². The molecule has 0 unspecified atom stereocenters. The van der Waals surface area contributed by atoms with Crippen LogP contribution in [0.3, 0.4) is 0 Å². The molecule has 0 radical (unpaired) electrons. The molecule has 0 aromatic carbocycles. The zero-order valence-corrected chi connectivity index (χ0v) is 10.6. The van der Waals surface area contributed by atoms with Crippen molar-refractivity contribution in [3.63, 3.8) is 0 Å². The highest BCUT2D eigenvalue weighted by Gasteiger charge is 2.28. The van der Waals surface area contributed by atoms with E-state index in [-0.39, 0.29) is 12.3 Å². The number of thioether (sulfide) groups is 1. The fourth-order valence-electron chi connectivity index (χ4n) is 0.679. The van der Waals surface area contributed by atoms with Gasteiger partial charge in [-0.3, -0.25) is 14.9 Å². The summed E-state index contributed by atoms with van der Waals surface area (Å²) >= 11 is 0.949. The van der Waals surface area contributed by atoms with Crippen molar-refractivity contribution in [2.75, 3.05) is 12.3 Å². The van der Waals surface area contributed by atoms with Gasteiger partial charge in [-0.05, 0) is 13.8 Å². The van der Waals surface area contributed by atoms with E-state index in [1.807, 2.05) is 0 Å². The number of carbonyl (C=O) groups is 3. The van der Waals surface area contributed by atoms with Gasteiger partial charge in [-0.1, -0.05) is 6.08 Å². The molecule has 0 atom stereocenters. The van der Waals surface area contributed by atoms with Gasteiger partial charge in [0.1, 0.15) is 4.75 Å². The summed E-state index contributed by atoms with van der Waals surface area (Å²) in [6, 6.07) is -0.622. The third-order valence-corrected chi connectivity index (χ3v) is 3.04. The van der Waals surface area contributed by atoms with Crippen LogP contribution in [0.5, 0.6) is 0 Å². The highest BCUT2D eigenvalue weighted by atomic mass is 32.2. The molecule has 0 spiro atoms. The minimum absolute atomic E-state index is 0.0964. The number of urea groups is 1. The average molecular weight is 260 g/mol. The molecule has 0 rings (SSSR count). The van der Waals surface area contributed by atoms with Crippen molar-refractivity contribution >= 4 is 29.7 Å². The van der Waals surface area contributed by atoms with Gasteiger partial charge in [0, 0.05) is 6.54 Å². The number of hydrogen-bond acceptors (Lipinski definition) is 4. The first-order valence-electron chi connectivity index (χ1n) is 4.85. The zero-order chi connectivity index (χ0) is 13.5. The van der Waals surface area contributed by atoms with E-state index in [1.165, 1.54) is 19.9 Å². The van der Waals surface area contributed by atoms with E-state index >= 15 is 0 Å². The van der Waals surface area contributed by atoms with Crippen LogP contribution in [0.1, 0.15) is 13.8 Å². The van der Waals surface area contributed by atoms with Gasteiger partial charge in [-0.2, -0.15) is 0 Å². The van der Waals surface area contributed by atoms with E-state index in [0.717, 1.165) is 11.8 Å². The summed E-state index contributed by atoms with van der Waals surface area (Å²) in [6.07, 6.45) is 1.48. The minimum atomic E-state index is -1.06. The van der Waals surface area contributed by atoms with E-state index in [1.54, 1.807) is 0 Å². The van der Waals surface area contributed by atoms with Gasteiger partial charge >= 0.3 is 12.0 Å². The molecule has 0 aromatic rings. The first-order valence-corrected chi connectivity index (χ1v) is 5.84. The summed E-state index contributed by atoms with van der Waals surface area (Å²) in [5, 5.41) is 13.3. The molecule has 17 heavy (non-hydrogen) atoms. The highest BCUT2D eigenvalue weighted by Crippen LogP contribution is 2.23. The Morgan fingerprint density at radius 1 is 1.41 bits per heavy atom. The van der Waals surface area contributed by atoms with E-state index in [2.05, 4.69) is 17.2 Å². The molecule has 0 fully saturated rings. The number of carboxylic acids is 1. The smallest absolute Gasteiger partial charge is 0.321 e. The Hall–Kier alpha value is -1.50.